The maximum Gasteiger partial charge on any atom is 0.187 e. The molecule has 5 heteroatoms. The fourth-order valence-corrected chi connectivity index (χ4v) is 2.02. The zero-order chi connectivity index (χ0) is 14.0. The van der Waals surface area contributed by atoms with Crippen LogP contribution in [0.25, 0.3) is 0 Å². The number of Topliss-reactive ketones (excluding diaryl/α,β-unsaturated/α-hetero) is 1. The first-order valence-corrected chi connectivity index (χ1v) is 6.03. The Balaban J connectivity index is 2.23. The van der Waals surface area contributed by atoms with E-state index in [-0.39, 0.29) is 28.4 Å². The summed E-state index contributed by atoms with van der Waals surface area (Å²) in [6, 6.07) is 6.12. The van der Waals surface area contributed by atoms with Crippen LogP contribution < -0.4 is 0 Å². The van der Waals surface area contributed by atoms with Crippen molar-refractivity contribution in [1.82, 2.24) is 0 Å². The number of carbonyl (C=O) groups is 1. The number of carbonyl (C=O) groups excluding carboxylic acids is 1. The molecule has 0 aliphatic heterocycles. The highest BCUT2D eigenvalue weighted by Gasteiger charge is 2.33. The number of rotatable bonds is 2. The maximum atomic E-state index is 11.9. The molecule has 100 valence electrons. The van der Waals surface area contributed by atoms with Crippen LogP contribution in [-0.2, 0) is 4.79 Å². The number of ketones is 1. The summed E-state index contributed by atoms with van der Waals surface area (Å²) < 4.78 is 0. The molecule has 1 aliphatic rings. The summed E-state index contributed by atoms with van der Waals surface area (Å²) in [6.45, 7) is 3.85. The second-order valence-electron chi connectivity index (χ2n) is 5.45. The predicted molar refractivity (Wildman–Crippen MR) is 70.3 cm³/mol. The van der Waals surface area contributed by atoms with Crippen molar-refractivity contribution in [3.8, 4) is 5.75 Å². The van der Waals surface area contributed by atoms with E-state index in [1.54, 1.807) is 12.1 Å². The van der Waals surface area contributed by atoms with Crippen LogP contribution in [0, 0.1) is 5.41 Å². The molecule has 0 saturated heterocycles. The molecule has 2 rings (SSSR count). The van der Waals surface area contributed by atoms with Gasteiger partial charge in [-0.05, 0) is 29.7 Å². The first kappa shape index (κ1) is 13.3. The molecule has 2 N–H and O–H groups in total. The molecule has 0 atom stereocenters. The molecule has 19 heavy (non-hydrogen) atoms. The van der Waals surface area contributed by atoms with Gasteiger partial charge < -0.3 is 10.2 Å². The minimum Gasteiger partial charge on any atom is -0.510 e. The molecule has 0 unspecified atom stereocenters. The fraction of sp³-hybridized carbons (Fsp3) is 0.357. The van der Waals surface area contributed by atoms with Gasteiger partial charge in [0.25, 0.3) is 0 Å². The van der Waals surface area contributed by atoms with Crippen LogP contribution in [-0.4, -0.2) is 16.0 Å². The van der Waals surface area contributed by atoms with Gasteiger partial charge in [0.15, 0.2) is 11.5 Å². The van der Waals surface area contributed by atoms with Crippen molar-refractivity contribution in [3.05, 3.63) is 35.7 Å². The Morgan fingerprint density at radius 3 is 2.26 bits per heavy atom. The Bertz CT molecular complexity index is 557. The summed E-state index contributed by atoms with van der Waals surface area (Å²) >= 11 is 0. The van der Waals surface area contributed by atoms with Gasteiger partial charge in [0, 0.05) is 12.8 Å². The third kappa shape index (κ3) is 3.19. The van der Waals surface area contributed by atoms with Crippen LogP contribution in [0.5, 0.6) is 5.75 Å². The van der Waals surface area contributed by atoms with E-state index in [9.17, 15) is 9.90 Å². The number of phenolic OH excluding ortho intramolecular Hbond substituents is 1. The third-order valence-corrected chi connectivity index (χ3v) is 2.94. The average Bonchev–Trinajstić information content (AvgIpc) is 2.29. The summed E-state index contributed by atoms with van der Waals surface area (Å²) in [6.07, 6.45) is 0.768. The molecule has 5 nitrogen and oxygen atoms in total. The van der Waals surface area contributed by atoms with E-state index in [2.05, 4.69) is 10.2 Å². The van der Waals surface area contributed by atoms with Crippen molar-refractivity contribution in [2.75, 3.05) is 0 Å². The van der Waals surface area contributed by atoms with Crippen LogP contribution in [0.4, 0.5) is 5.69 Å². The number of aliphatic hydroxyl groups is 1. The van der Waals surface area contributed by atoms with Gasteiger partial charge in [-0.15, -0.1) is 5.11 Å². The lowest BCUT2D eigenvalue weighted by Gasteiger charge is -2.27. The number of azo groups is 1. The van der Waals surface area contributed by atoms with Crippen LogP contribution in [0.3, 0.4) is 0 Å². The molecule has 1 aromatic carbocycles. The van der Waals surface area contributed by atoms with Gasteiger partial charge in [0.1, 0.15) is 11.5 Å². The highest BCUT2D eigenvalue weighted by Crippen LogP contribution is 2.36. The Morgan fingerprint density at radius 1 is 1.05 bits per heavy atom. The highest BCUT2D eigenvalue weighted by molar-refractivity contribution is 5.96. The summed E-state index contributed by atoms with van der Waals surface area (Å²) in [5, 5.41) is 26.7. The first-order chi connectivity index (χ1) is 8.87. The predicted octanol–water partition coefficient (Wildman–Crippen LogP) is 3.63. The Kier molecular flexibility index (Phi) is 3.38. The monoisotopic (exact) mass is 260 g/mol. The van der Waals surface area contributed by atoms with Crippen molar-refractivity contribution < 1.29 is 15.0 Å². The molecule has 0 fully saturated rings. The summed E-state index contributed by atoms with van der Waals surface area (Å²) in [5.74, 6) is -0.0726. The van der Waals surface area contributed by atoms with E-state index < -0.39 is 0 Å². The van der Waals surface area contributed by atoms with E-state index in [1.807, 2.05) is 13.8 Å². The summed E-state index contributed by atoms with van der Waals surface area (Å²) in [4.78, 5) is 11.9. The van der Waals surface area contributed by atoms with Gasteiger partial charge in [-0.3, -0.25) is 4.79 Å². The van der Waals surface area contributed by atoms with Gasteiger partial charge >= 0.3 is 0 Å². The Hall–Kier alpha value is -2.17. The average molecular weight is 260 g/mol. The molecule has 0 amide bonds. The van der Waals surface area contributed by atoms with Crippen LogP contribution in [0.2, 0.25) is 0 Å². The number of aliphatic hydroxyl groups excluding tert-OH is 1. The van der Waals surface area contributed by atoms with E-state index in [1.165, 1.54) is 12.1 Å². The minimum atomic E-state index is -0.237. The second-order valence-corrected chi connectivity index (χ2v) is 5.45. The number of allylic oxidation sites excluding steroid dienone is 2. The van der Waals surface area contributed by atoms with Gasteiger partial charge in [-0.25, -0.2) is 0 Å². The molecule has 0 radical (unpaired) electrons. The van der Waals surface area contributed by atoms with Crippen LogP contribution in [0.15, 0.2) is 46.0 Å². The molecule has 0 bridgehead atoms. The SMILES string of the molecule is CC1(C)CC(=O)C(N=Nc2ccc(O)cc2)=C(O)C1. The van der Waals surface area contributed by atoms with Crippen molar-refractivity contribution in [3.63, 3.8) is 0 Å². The third-order valence-electron chi connectivity index (χ3n) is 2.94. The number of phenols is 1. The zero-order valence-electron chi connectivity index (χ0n) is 10.9. The Labute approximate surface area is 111 Å². The number of benzene rings is 1. The summed E-state index contributed by atoms with van der Waals surface area (Å²) in [5.41, 5.74) is 0.307. The van der Waals surface area contributed by atoms with Crippen molar-refractivity contribution >= 4 is 11.5 Å². The lowest BCUT2D eigenvalue weighted by atomic mass is 9.78. The second kappa shape index (κ2) is 4.84. The highest BCUT2D eigenvalue weighted by atomic mass is 16.3. The number of nitrogens with zero attached hydrogens (tertiary/aromatic N) is 2. The topological polar surface area (TPSA) is 82.2 Å². The molecule has 1 aromatic rings. The fourth-order valence-electron chi connectivity index (χ4n) is 2.02. The summed E-state index contributed by atoms with van der Waals surface area (Å²) in [7, 11) is 0. The van der Waals surface area contributed by atoms with E-state index in [0.717, 1.165) is 0 Å². The van der Waals surface area contributed by atoms with E-state index in [4.69, 9.17) is 5.11 Å². The Morgan fingerprint density at radius 2 is 1.68 bits per heavy atom. The van der Waals surface area contributed by atoms with E-state index in [0.29, 0.717) is 18.5 Å². The molecular formula is C14H16N2O3. The quantitative estimate of drug-likeness (QED) is 0.796. The van der Waals surface area contributed by atoms with Crippen molar-refractivity contribution in [1.29, 1.82) is 0 Å². The molecule has 0 spiro atoms. The maximum absolute atomic E-state index is 11.9. The number of hydrogen-bond acceptors (Lipinski definition) is 5. The van der Waals surface area contributed by atoms with Gasteiger partial charge in [0.05, 0.1) is 5.69 Å². The molecule has 0 aromatic heterocycles. The van der Waals surface area contributed by atoms with E-state index >= 15 is 0 Å². The largest absolute Gasteiger partial charge is 0.510 e. The molecule has 0 saturated carbocycles. The number of aromatic hydroxyl groups is 1. The normalized spacial score (nSPS) is 19.2. The zero-order valence-corrected chi connectivity index (χ0v) is 10.9. The lowest BCUT2D eigenvalue weighted by molar-refractivity contribution is -0.118. The minimum absolute atomic E-state index is 0.0104. The molecule has 0 heterocycles. The van der Waals surface area contributed by atoms with Crippen molar-refractivity contribution in [2.24, 2.45) is 15.6 Å². The smallest absolute Gasteiger partial charge is 0.187 e. The van der Waals surface area contributed by atoms with Crippen LogP contribution in [0.1, 0.15) is 26.7 Å². The van der Waals surface area contributed by atoms with Crippen LogP contribution >= 0.6 is 0 Å². The first-order valence-electron chi connectivity index (χ1n) is 6.03. The lowest BCUT2D eigenvalue weighted by Crippen LogP contribution is -2.25. The van der Waals surface area contributed by atoms with Gasteiger partial charge in [0.2, 0.25) is 0 Å². The standard InChI is InChI=1S/C14H16N2O3/c1-14(2)7-11(18)13(12(19)8-14)16-15-9-3-5-10(17)6-4-9/h3-6,17-18H,7-8H2,1-2H3. The molecule has 1 aliphatic carbocycles. The number of hydrogen-bond donors (Lipinski definition) is 2. The van der Waals surface area contributed by atoms with Crippen molar-refractivity contribution in [2.45, 2.75) is 26.7 Å². The van der Waals surface area contributed by atoms with Gasteiger partial charge in [-0.1, -0.05) is 13.8 Å². The van der Waals surface area contributed by atoms with Gasteiger partial charge in [-0.2, -0.15) is 5.11 Å². The molecular weight excluding hydrogens is 244 g/mol.